The van der Waals surface area contributed by atoms with E-state index in [4.69, 9.17) is 4.42 Å². The van der Waals surface area contributed by atoms with Gasteiger partial charge in [-0.1, -0.05) is 12.1 Å². The van der Waals surface area contributed by atoms with Gasteiger partial charge < -0.3 is 9.32 Å². The van der Waals surface area contributed by atoms with Gasteiger partial charge in [-0.2, -0.15) is 0 Å². The Kier molecular flexibility index (Phi) is 2.49. The fraction of sp³-hybridized carbons (Fsp3) is 0.263. The Morgan fingerprint density at radius 2 is 1.74 bits per heavy atom. The summed E-state index contributed by atoms with van der Waals surface area (Å²) in [4.78, 5) is 27.2. The predicted octanol–water partition coefficient (Wildman–Crippen LogP) is 3.04. The highest BCUT2D eigenvalue weighted by Crippen LogP contribution is 2.45. The van der Waals surface area contributed by atoms with Gasteiger partial charge in [-0.3, -0.25) is 9.59 Å². The van der Waals surface area contributed by atoms with Crippen molar-refractivity contribution >= 4 is 27.8 Å². The zero-order chi connectivity index (χ0) is 15.6. The quantitative estimate of drug-likeness (QED) is 0.649. The average Bonchev–Trinajstić information content (AvgIpc) is 3.20. The van der Waals surface area contributed by atoms with E-state index >= 15 is 0 Å². The summed E-state index contributed by atoms with van der Waals surface area (Å²) in [7, 11) is 0. The Bertz CT molecular complexity index is 1010. The van der Waals surface area contributed by atoms with Gasteiger partial charge in [0.2, 0.25) is 5.43 Å². The van der Waals surface area contributed by atoms with Gasteiger partial charge in [0.1, 0.15) is 11.2 Å². The zero-order valence-electron chi connectivity index (χ0n) is 12.5. The topological polar surface area (TPSA) is 50.5 Å². The van der Waals surface area contributed by atoms with Crippen molar-refractivity contribution in [3.8, 4) is 0 Å². The molecule has 0 spiro atoms. The van der Waals surface area contributed by atoms with Crippen molar-refractivity contribution in [2.45, 2.75) is 6.42 Å². The Morgan fingerprint density at radius 1 is 1.00 bits per heavy atom. The zero-order valence-corrected chi connectivity index (χ0v) is 12.5. The number of rotatable bonds is 1. The summed E-state index contributed by atoms with van der Waals surface area (Å²) in [6, 6.07) is 12.4. The number of amides is 1. The molecular weight excluding hydrogens is 290 g/mol. The molecule has 4 heteroatoms. The molecule has 3 aromatic rings. The second kappa shape index (κ2) is 4.44. The molecule has 1 aromatic heterocycles. The summed E-state index contributed by atoms with van der Waals surface area (Å²) >= 11 is 0. The molecule has 1 aliphatic heterocycles. The van der Waals surface area contributed by atoms with E-state index in [0.717, 1.165) is 13.1 Å². The minimum Gasteiger partial charge on any atom is -0.456 e. The van der Waals surface area contributed by atoms with E-state index < -0.39 is 0 Å². The first-order chi connectivity index (χ1) is 11.2. The number of likely N-dealkylation sites (tertiary alicyclic amines) is 1. The molecule has 114 valence electrons. The highest BCUT2D eigenvalue weighted by atomic mass is 16.3. The third kappa shape index (κ3) is 1.91. The predicted molar refractivity (Wildman–Crippen MR) is 87.5 cm³/mol. The number of hydrogen-bond acceptors (Lipinski definition) is 3. The van der Waals surface area contributed by atoms with Crippen LogP contribution in [0.4, 0.5) is 0 Å². The van der Waals surface area contributed by atoms with Crippen molar-refractivity contribution in [2.24, 2.45) is 11.8 Å². The van der Waals surface area contributed by atoms with Crippen LogP contribution in [0.5, 0.6) is 0 Å². The number of nitrogens with zero attached hydrogens (tertiary/aromatic N) is 1. The molecular formula is C19H15NO3. The highest BCUT2D eigenvalue weighted by molar-refractivity contribution is 5.99. The number of fused-ring (bicyclic) bond motifs is 3. The maximum absolute atomic E-state index is 12.7. The summed E-state index contributed by atoms with van der Waals surface area (Å²) in [5, 5.41) is 1.02. The summed E-state index contributed by atoms with van der Waals surface area (Å²) in [6.07, 6.45) is 1.26. The van der Waals surface area contributed by atoms with Crippen LogP contribution in [0.2, 0.25) is 0 Å². The number of benzene rings is 2. The van der Waals surface area contributed by atoms with Gasteiger partial charge in [-0.15, -0.1) is 0 Å². The summed E-state index contributed by atoms with van der Waals surface area (Å²) in [5.74, 6) is 1.42. The monoisotopic (exact) mass is 305 g/mol. The van der Waals surface area contributed by atoms with Crippen molar-refractivity contribution in [2.75, 3.05) is 13.1 Å². The minimum absolute atomic E-state index is 0.0201. The lowest BCUT2D eigenvalue weighted by Crippen LogP contribution is -2.30. The van der Waals surface area contributed by atoms with Gasteiger partial charge in [-0.25, -0.2) is 0 Å². The molecule has 1 amide bonds. The Balaban J connectivity index is 1.63. The van der Waals surface area contributed by atoms with E-state index in [1.54, 1.807) is 30.3 Å². The van der Waals surface area contributed by atoms with Crippen molar-refractivity contribution in [1.82, 2.24) is 4.90 Å². The molecule has 23 heavy (non-hydrogen) atoms. The van der Waals surface area contributed by atoms with Gasteiger partial charge in [0.15, 0.2) is 0 Å². The smallest absolute Gasteiger partial charge is 0.253 e. The molecule has 1 saturated heterocycles. The number of hydrogen-bond donors (Lipinski definition) is 0. The van der Waals surface area contributed by atoms with Crippen molar-refractivity contribution in [3.05, 3.63) is 58.3 Å². The Labute approximate surface area is 132 Å². The molecule has 2 aromatic carbocycles. The molecule has 4 nitrogen and oxygen atoms in total. The van der Waals surface area contributed by atoms with Gasteiger partial charge in [0, 0.05) is 18.7 Å². The van der Waals surface area contributed by atoms with Crippen molar-refractivity contribution < 1.29 is 9.21 Å². The molecule has 2 fully saturated rings. The lowest BCUT2D eigenvalue weighted by molar-refractivity contribution is 0.0775. The van der Waals surface area contributed by atoms with E-state index in [1.807, 2.05) is 17.0 Å². The first-order valence-corrected chi connectivity index (χ1v) is 7.95. The summed E-state index contributed by atoms with van der Waals surface area (Å²) in [6.45, 7) is 1.71. The van der Waals surface area contributed by atoms with Crippen LogP contribution in [-0.4, -0.2) is 23.9 Å². The number of para-hydroxylation sites is 1. The second-order valence-corrected chi connectivity index (χ2v) is 6.60. The van der Waals surface area contributed by atoms with Gasteiger partial charge in [-0.05, 0) is 48.6 Å². The molecule has 0 bridgehead atoms. The average molecular weight is 305 g/mol. The van der Waals surface area contributed by atoms with Crippen LogP contribution in [-0.2, 0) is 0 Å². The lowest BCUT2D eigenvalue weighted by Gasteiger charge is -2.18. The third-order valence-electron chi connectivity index (χ3n) is 5.09. The molecule has 1 saturated carbocycles. The van der Waals surface area contributed by atoms with Crippen LogP contribution in [0.15, 0.2) is 51.7 Å². The van der Waals surface area contributed by atoms with Crippen LogP contribution in [0, 0.1) is 11.8 Å². The van der Waals surface area contributed by atoms with Crippen LogP contribution in [0.3, 0.4) is 0 Å². The van der Waals surface area contributed by atoms with Gasteiger partial charge in [0.05, 0.1) is 10.8 Å². The van der Waals surface area contributed by atoms with Crippen LogP contribution in [0.25, 0.3) is 21.9 Å². The molecule has 0 unspecified atom stereocenters. The maximum Gasteiger partial charge on any atom is 0.253 e. The van der Waals surface area contributed by atoms with Crippen LogP contribution >= 0.6 is 0 Å². The highest BCUT2D eigenvalue weighted by Gasteiger charge is 2.46. The van der Waals surface area contributed by atoms with Gasteiger partial charge in [0.25, 0.3) is 5.91 Å². The minimum atomic E-state index is -0.0826. The molecule has 0 radical (unpaired) electrons. The lowest BCUT2D eigenvalue weighted by atomic mass is 10.1. The molecule has 1 aliphatic carbocycles. The Morgan fingerprint density at radius 3 is 2.57 bits per heavy atom. The summed E-state index contributed by atoms with van der Waals surface area (Å²) < 4.78 is 5.79. The normalized spacial score (nSPS) is 22.5. The molecule has 0 N–H and O–H groups in total. The van der Waals surface area contributed by atoms with Crippen molar-refractivity contribution in [1.29, 1.82) is 0 Å². The summed E-state index contributed by atoms with van der Waals surface area (Å²) in [5.41, 5.74) is 1.58. The fourth-order valence-electron chi connectivity index (χ4n) is 3.68. The molecule has 5 rings (SSSR count). The first kappa shape index (κ1) is 12.9. The number of piperidine rings is 1. The van der Waals surface area contributed by atoms with E-state index in [0.29, 0.717) is 39.3 Å². The third-order valence-corrected chi connectivity index (χ3v) is 5.09. The van der Waals surface area contributed by atoms with E-state index in [-0.39, 0.29) is 11.3 Å². The number of carbonyl (C=O) groups excluding carboxylic acids is 1. The Hall–Kier alpha value is -2.62. The molecule has 2 aliphatic rings. The van der Waals surface area contributed by atoms with Gasteiger partial charge >= 0.3 is 0 Å². The van der Waals surface area contributed by atoms with E-state index in [2.05, 4.69) is 0 Å². The SMILES string of the molecule is O=C(c1ccc2oc3ccccc3c(=O)c2c1)N1C[C@H]2C[C@H]2C1. The largest absolute Gasteiger partial charge is 0.456 e. The molecule has 2 atom stereocenters. The fourth-order valence-corrected chi connectivity index (χ4v) is 3.68. The maximum atomic E-state index is 12.7. The standard InChI is InChI=1S/C19H15NO3/c21-18-14-3-1-2-4-16(14)23-17-6-5-11(8-15(17)18)19(22)20-9-12-7-13(12)10-20/h1-6,8,12-13H,7,9-10H2/t12-,13+. The first-order valence-electron chi connectivity index (χ1n) is 7.95. The van der Waals surface area contributed by atoms with E-state index in [1.165, 1.54) is 6.42 Å². The van der Waals surface area contributed by atoms with Crippen molar-refractivity contribution in [3.63, 3.8) is 0 Å². The van der Waals surface area contributed by atoms with Crippen LogP contribution < -0.4 is 5.43 Å². The van der Waals surface area contributed by atoms with Crippen LogP contribution in [0.1, 0.15) is 16.8 Å². The molecule has 2 heterocycles. The van der Waals surface area contributed by atoms with E-state index in [9.17, 15) is 9.59 Å². The second-order valence-electron chi connectivity index (χ2n) is 6.60. The number of carbonyl (C=O) groups is 1.